The molecule has 0 bridgehead atoms. The Labute approximate surface area is 123 Å². The fourth-order valence-corrected chi connectivity index (χ4v) is 3.84. The lowest BCUT2D eigenvalue weighted by atomic mass is 10.1. The number of hydrogen-bond acceptors (Lipinski definition) is 4. The Balaban J connectivity index is 1.85. The summed E-state index contributed by atoms with van der Waals surface area (Å²) < 4.78 is 1.84. The van der Waals surface area contributed by atoms with Crippen molar-refractivity contribution >= 4 is 21.6 Å². The van der Waals surface area contributed by atoms with Gasteiger partial charge < -0.3 is 4.90 Å². The molecule has 20 heavy (non-hydrogen) atoms. The third-order valence-corrected chi connectivity index (χ3v) is 5.00. The molecular formula is C15H21N3OS. The van der Waals surface area contributed by atoms with Gasteiger partial charge in [-0.2, -0.15) is 0 Å². The minimum Gasteiger partial charge on any atom is -0.302 e. The van der Waals surface area contributed by atoms with E-state index < -0.39 is 0 Å². The number of hydrogen-bond donors (Lipinski definition) is 0. The van der Waals surface area contributed by atoms with Crippen LogP contribution in [0.2, 0.25) is 0 Å². The molecule has 0 aliphatic carbocycles. The molecule has 3 heterocycles. The number of thiophene rings is 1. The molecule has 1 fully saturated rings. The topological polar surface area (TPSA) is 38.1 Å². The second-order valence-electron chi connectivity index (χ2n) is 5.59. The summed E-state index contributed by atoms with van der Waals surface area (Å²) in [5.41, 5.74) is 0.119. The fraction of sp³-hybridized carbons (Fsp3) is 0.600. The van der Waals surface area contributed by atoms with E-state index in [1.165, 1.54) is 32.4 Å². The molecule has 0 saturated carbocycles. The van der Waals surface area contributed by atoms with Crippen molar-refractivity contribution in [1.82, 2.24) is 14.5 Å². The highest BCUT2D eigenvalue weighted by molar-refractivity contribution is 7.18. The summed E-state index contributed by atoms with van der Waals surface area (Å²) in [7, 11) is 0. The van der Waals surface area contributed by atoms with Gasteiger partial charge in [0.25, 0.3) is 5.56 Å². The van der Waals surface area contributed by atoms with E-state index in [2.05, 4.69) is 9.88 Å². The van der Waals surface area contributed by atoms with Gasteiger partial charge in [-0.15, -0.1) is 11.3 Å². The maximum atomic E-state index is 12.5. The number of aromatic nitrogens is 2. The van der Waals surface area contributed by atoms with E-state index in [9.17, 15) is 4.79 Å². The molecule has 5 heteroatoms. The molecule has 108 valence electrons. The molecule has 3 rings (SSSR count). The van der Waals surface area contributed by atoms with Gasteiger partial charge in [0.15, 0.2) is 0 Å². The third-order valence-electron chi connectivity index (χ3n) is 4.05. The zero-order chi connectivity index (χ0) is 14.1. The Hall–Kier alpha value is -1.20. The highest BCUT2D eigenvalue weighted by atomic mass is 32.1. The lowest BCUT2D eigenvalue weighted by Crippen LogP contribution is -2.35. The fourth-order valence-electron chi connectivity index (χ4n) is 2.93. The smallest absolute Gasteiger partial charge is 0.262 e. The lowest BCUT2D eigenvalue weighted by molar-refractivity contribution is 0.219. The first-order valence-corrected chi connectivity index (χ1v) is 8.17. The van der Waals surface area contributed by atoms with Crippen LogP contribution in [0.15, 0.2) is 10.9 Å². The van der Waals surface area contributed by atoms with Crippen LogP contribution in [0.4, 0.5) is 0 Å². The molecule has 0 atom stereocenters. The summed E-state index contributed by atoms with van der Waals surface area (Å²) in [4.78, 5) is 21.6. The van der Waals surface area contributed by atoms with E-state index >= 15 is 0 Å². The van der Waals surface area contributed by atoms with Crippen molar-refractivity contribution in [3.8, 4) is 0 Å². The summed E-state index contributed by atoms with van der Waals surface area (Å²) in [5, 5.41) is 0.775. The normalized spacial score (nSPS) is 16.9. The Morgan fingerprint density at radius 2 is 1.95 bits per heavy atom. The average Bonchev–Trinajstić information content (AvgIpc) is 2.80. The molecule has 1 aliphatic rings. The predicted octanol–water partition coefficient (Wildman–Crippen LogP) is 2.56. The van der Waals surface area contributed by atoms with Crippen molar-refractivity contribution in [2.75, 3.05) is 19.6 Å². The SMILES string of the molecule is Cc1cc2c(=O)n(CCN3CCCCC3)c(C)nc2s1. The van der Waals surface area contributed by atoms with E-state index in [1.54, 1.807) is 11.3 Å². The summed E-state index contributed by atoms with van der Waals surface area (Å²) >= 11 is 1.60. The van der Waals surface area contributed by atoms with Crippen molar-refractivity contribution in [2.24, 2.45) is 0 Å². The van der Waals surface area contributed by atoms with E-state index in [0.29, 0.717) is 0 Å². The molecule has 4 nitrogen and oxygen atoms in total. The van der Waals surface area contributed by atoms with Crippen LogP contribution >= 0.6 is 11.3 Å². The van der Waals surface area contributed by atoms with Gasteiger partial charge >= 0.3 is 0 Å². The Morgan fingerprint density at radius 1 is 1.20 bits per heavy atom. The summed E-state index contributed by atoms with van der Waals surface area (Å²) in [6.45, 7) is 8.01. The molecule has 1 saturated heterocycles. The molecule has 0 spiro atoms. The molecule has 0 N–H and O–H groups in total. The van der Waals surface area contributed by atoms with Crippen LogP contribution in [-0.4, -0.2) is 34.1 Å². The highest BCUT2D eigenvalue weighted by Crippen LogP contribution is 2.20. The van der Waals surface area contributed by atoms with Gasteiger partial charge in [0.1, 0.15) is 10.7 Å². The molecule has 2 aromatic heterocycles. The van der Waals surface area contributed by atoms with Gasteiger partial charge in [0, 0.05) is 18.0 Å². The quantitative estimate of drug-likeness (QED) is 0.872. The average molecular weight is 291 g/mol. The van der Waals surface area contributed by atoms with Gasteiger partial charge in [-0.3, -0.25) is 9.36 Å². The Morgan fingerprint density at radius 3 is 2.70 bits per heavy atom. The van der Waals surface area contributed by atoms with E-state index in [1.807, 2.05) is 24.5 Å². The molecule has 2 aromatic rings. The Kier molecular flexibility index (Phi) is 3.89. The van der Waals surface area contributed by atoms with Crippen molar-refractivity contribution in [2.45, 2.75) is 39.7 Å². The third kappa shape index (κ3) is 2.65. The van der Waals surface area contributed by atoms with Crippen molar-refractivity contribution in [1.29, 1.82) is 0 Å². The first-order chi connectivity index (χ1) is 9.65. The molecule has 0 unspecified atom stereocenters. The minimum atomic E-state index is 0.119. The van der Waals surface area contributed by atoms with Crippen LogP contribution in [0, 0.1) is 13.8 Å². The molecule has 0 aromatic carbocycles. The van der Waals surface area contributed by atoms with E-state index in [-0.39, 0.29) is 5.56 Å². The van der Waals surface area contributed by atoms with Crippen LogP contribution in [0.5, 0.6) is 0 Å². The second-order valence-corrected chi connectivity index (χ2v) is 6.83. The molecule has 0 amide bonds. The molecule has 0 radical (unpaired) electrons. The number of nitrogens with zero attached hydrogens (tertiary/aromatic N) is 3. The van der Waals surface area contributed by atoms with Gasteiger partial charge in [0.2, 0.25) is 0 Å². The van der Waals surface area contributed by atoms with Gasteiger partial charge in [-0.05, 0) is 45.8 Å². The summed E-state index contributed by atoms with van der Waals surface area (Å²) in [5.74, 6) is 0.835. The lowest BCUT2D eigenvalue weighted by Gasteiger charge is -2.26. The van der Waals surface area contributed by atoms with Crippen LogP contribution < -0.4 is 5.56 Å². The predicted molar refractivity (Wildman–Crippen MR) is 83.6 cm³/mol. The second kappa shape index (κ2) is 5.66. The first-order valence-electron chi connectivity index (χ1n) is 7.35. The van der Waals surface area contributed by atoms with E-state index in [0.717, 1.165) is 34.0 Å². The van der Waals surface area contributed by atoms with Crippen LogP contribution in [0.25, 0.3) is 10.2 Å². The standard InChI is InChI=1S/C15H21N3OS/c1-11-10-13-14(20-11)16-12(2)18(15(13)19)9-8-17-6-4-3-5-7-17/h10H,3-9H2,1-2H3. The number of piperidine rings is 1. The van der Waals surface area contributed by atoms with Crippen LogP contribution in [-0.2, 0) is 6.54 Å². The van der Waals surface area contributed by atoms with Gasteiger partial charge in [-0.25, -0.2) is 4.98 Å². The highest BCUT2D eigenvalue weighted by Gasteiger charge is 2.13. The van der Waals surface area contributed by atoms with Crippen molar-refractivity contribution < 1.29 is 0 Å². The van der Waals surface area contributed by atoms with Gasteiger partial charge in [0.05, 0.1) is 5.39 Å². The van der Waals surface area contributed by atoms with Gasteiger partial charge in [-0.1, -0.05) is 6.42 Å². The number of aryl methyl sites for hydroxylation is 2. The largest absolute Gasteiger partial charge is 0.302 e. The molecular weight excluding hydrogens is 270 g/mol. The Bertz CT molecular complexity index is 668. The number of likely N-dealkylation sites (tertiary alicyclic amines) is 1. The minimum absolute atomic E-state index is 0.119. The summed E-state index contributed by atoms with van der Waals surface area (Å²) in [6, 6.07) is 1.96. The van der Waals surface area contributed by atoms with Crippen molar-refractivity contribution in [3.05, 3.63) is 27.1 Å². The van der Waals surface area contributed by atoms with Crippen LogP contribution in [0.1, 0.15) is 30.0 Å². The van der Waals surface area contributed by atoms with Crippen LogP contribution in [0.3, 0.4) is 0 Å². The summed E-state index contributed by atoms with van der Waals surface area (Å²) in [6.07, 6.45) is 3.92. The number of rotatable bonds is 3. The maximum Gasteiger partial charge on any atom is 0.262 e. The zero-order valence-corrected chi connectivity index (χ0v) is 13.0. The number of fused-ring (bicyclic) bond motifs is 1. The van der Waals surface area contributed by atoms with Crippen molar-refractivity contribution in [3.63, 3.8) is 0 Å². The van der Waals surface area contributed by atoms with E-state index in [4.69, 9.17) is 0 Å². The first kappa shape index (κ1) is 13.8. The monoisotopic (exact) mass is 291 g/mol. The molecule has 1 aliphatic heterocycles. The zero-order valence-electron chi connectivity index (χ0n) is 12.2. The maximum absolute atomic E-state index is 12.5.